The zero-order valence-corrected chi connectivity index (χ0v) is 10.7. The molecule has 1 unspecified atom stereocenters. The van der Waals surface area contributed by atoms with Crippen LogP contribution in [0.3, 0.4) is 0 Å². The normalized spacial score (nSPS) is 15.9. The molecule has 17 heavy (non-hydrogen) atoms. The first-order valence-electron chi connectivity index (χ1n) is 6.47. The molecule has 0 fully saturated rings. The number of rotatable bonds is 5. The van der Waals surface area contributed by atoms with Gasteiger partial charge < -0.3 is 10.1 Å². The summed E-state index contributed by atoms with van der Waals surface area (Å²) in [6, 6.07) is 6.85. The van der Waals surface area contributed by atoms with E-state index in [1.165, 1.54) is 17.5 Å². The Balaban J connectivity index is 1.96. The third-order valence-corrected chi connectivity index (χ3v) is 3.01. The van der Waals surface area contributed by atoms with E-state index in [9.17, 15) is 0 Å². The Morgan fingerprint density at radius 3 is 3.18 bits per heavy atom. The van der Waals surface area contributed by atoms with Crippen LogP contribution in [0.1, 0.15) is 31.4 Å². The van der Waals surface area contributed by atoms with E-state index in [1.54, 1.807) is 0 Å². The van der Waals surface area contributed by atoms with Crippen molar-refractivity contribution in [2.75, 3.05) is 13.2 Å². The third-order valence-electron chi connectivity index (χ3n) is 3.01. The van der Waals surface area contributed by atoms with Gasteiger partial charge in [0.15, 0.2) is 0 Å². The Kier molecular flexibility index (Phi) is 4.21. The van der Waals surface area contributed by atoms with Gasteiger partial charge >= 0.3 is 0 Å². The molecule has 0 saturated carbocycles. The van der Waals surface area contributed by atoms with Crippen molar-refractivity contribution in [3.05, 3.63) is 35.4 Å². The molecule has 92 valence electrons. The fourth-order valence-electron chi connectivity index (χ4n) is 2.01. The second-order valence-corrected chi connectivity index (χ2v) is 4.57. The number of hydrogen-bond acceptors (Lipinski definition) is 2. The molecule has 0 spiro atoms. The lowest BCUT2D eigenvalue weighted by atomic mass is 10.1. The van der Waals surface area contributed by atoms with Crippen LogP contribution in [0.5, 0.6) is 5.75 Å². The second-order valence-electron chi connectivity index (χ2n) is 4.57. The topological polar surface area (TPSA) is 21.3 Å². The van der Waals surface area contributed by atoms with Crippen molar-refractivity contribution in [3.63, 3.8) is 0 Å². The van der Waals surface area contributed by atoms with Gasteiger partial charge in [0.25, 0.3) is 0 Å². The molecule has 1 N–H and O–H groups in total. The minimum atomic E-state index is 0.430. The fraction of sp³-hybridized carbons (Fsp3) is 0.467. The highest BCUT2D eigenvalue weighted by molar-refractivity contribution is 5.54. The van der Waals surface area contributed by atoms with E-state index in [-0.39, 0.29) is 0 Å². The molecule has 1 heterocycles. The Morgan fingerprint density at radius 2 is 2.35 bits per heavy atom. The zero-order chi connectivity index (χ0) is 12.1. The van der Waals surface area contributed by atoms with Crippen molar-refractivity contribution < 1.29 is 4.74 Å². The van der Waals surface area contributed by atoms with Crippen molar-refractivity contribution in [3.8, 4) is 5.75 Å². The van der Waals surface area contributed by atoms with E-state index >= 15 is 0 Å². The lowest BCUT2D eigenvalue weighted by Gasteiger charge is -2.07. The monoisotopic (exact) mass is 231 g/mol. The van der Waals surface area contributed by atoms with Gasteiger partial charge in [0.05, 0.1) is 6.61 Å². The molecule has 2 rings (SSSR count). The van der Waals surface area contributed by atoms with E-state index in [1.807, 2.05) is 0 Å². The SMILES string of the molecule is CCCNC(C)/C=C/c1ccc2c(c1)CCO2. The van der Waals surface area contributed by atoms with E-state index in [0.29, 0.717) is 6.04 Å². The van der Waals surface area contributed by atoms with Crippen LogP contribution in [-0.4, -0.2) is 19.2 Å². The molecule has 1 aromatic carbocycles. The molecule has 1 aromatic rings. The summed E-state index contributed by atoms with van der Waals surface area (Å²) in [7, 11) is 0. The zero-order valence-electron chi connectivity index (χ0n) is 10.7. The van der Waals surface area contributed by atoms with Gasteiger partial charge in [0.1, 0.15) is 5.75 Å². The molecule has 1 aliphatic rings. The Morgan fingerprint density at radius 1 is 1.47 bits per heavy atom. The van der Waals surface area contributed by atoms with Gasteiger partial charge in [-0.1, -0.05) is 25.1 Å². The Labute approximate surface area is 104 Å². The predicted octanol–water partition coefficient (Wildman–Crippen LogP) is 3.02. The van der Waals surface area contributed by atoms with Gasteiger partial charge in [-0.25, -0.2) is 0 Å². The van der Waals surface area contributed by atoms with Gasteiger partial charge in [0.2, 0.25) is 0 Å². The minimum Gasteiger partial charge on any atom is -0.493 e. The summed E-state index contributed by atoms with van der Waals surface area (Å²) in [5, 5.41) is 3.44. The van der Waals surface area contributed by atoms with Gasteiger partial charge in [0, 0.05) is 12.5 Å². The molecule has 0 aromatic heterocycles. The maximum absolute atomic E-state index is 5.50. The van der Waals surface area contributed by atoms with Crippen LogP contribution in [0.25, 0.3) is 6.08 Å². The van der Waals surface area contributed by atoms with Crippen molar-refractivity contribution in [2.45, 2.75) is 32.7 Å². The number of ether oxygens (including phenoxy) is 1. The average molecular weight is 231 g/mol. The second kappa shape index (κ2) is 5.87. The van der Waals surface area contributed by atoms with Crippen LogP contribution in [0.15, 0.2) is 24.3 Å². The molecule has 1 atom stereocenters. The summed E-state index contributed by atoms with van der Waals surface area (Å²) in [6.07, 6.45) is 6.62. The van der Waals surface area contributed by atoms with Crippen molar-refractivity contribution in [1.82, 2.24) is 5.32 Å². The maximum atomic E-state index is 5.50. The van der Waals surface area contributed by atoms with E-state index in [0.717, 1.165) is 25.3 Å². The highest BCUT2D eigenvalue weighted by atomic mass is 16.5. The van der Waals surface area contributed by atoms with Crippen molar-refractivity contribution in [2.24, 2.45) is 0 Å². The lowest BCUT2D eigenvalue weighted by molar-refractivity contribution is 0.357. The Bertz CT molecular complexity index is 398. The largest absolute Gasteiger partial charge is 0.493 e. The van der Waals surface area contributed by atoms with Gasteiger partial charge in [-0.2, -0.15) is 0 Å². The molecule has 1 aliphatic heterocycles. The fourth-order valence-corrected chi connectivity index (χ4v) is 2.01. The maximum Gasteiger partial charge on any atom is 0.122 e. The van der Waals surface area contributed by atoms with Crippen LogP contribution in [0.2, 0.25) is 0 Å². The smallest absolute Gasteiger partial charge is 0.122 e. The molecular formula is C15H21NO. The van der Waals surface area contributed by atoms with Crippen LogP contribution in [-0.2, 0) is 6.42 Å². The van der Waals surface area contributed by atoms with E-state index in [4.69, 9.17) is 4.74 Å². The van der Waals surface area contributed by atoms with E-state index < -0.39 is 0 Å². The summed E-state index contributed by atoms with van der Waals surface area (Å²) in [5.41, 5.74) is 2.60. The molecule has 2 nitrogen and oxygen atoms in total. The number of nitrogens with one attached hydrogen (secondary N) is 1. The quantitative estimate of drug-likeness (QED) is 0.841. The van der Waals surface area contributed by atoms with Crippen molar-refractivity contribution >= 4 is 6.08 Å². The lowest BCUT2D eigenvalue weighted by Crippen LogP contribution is -2.24. The number of hydrogen-bond donors (Lipinski definition) is 1. The molecule has 0 aliphatic carbocycles. The third kappa shape index (κ3) is 3.34. The van der Waals surface area contributed by atoms with E-state index in [2.05, 4.69) is 49.5 Å². The summed E-state index contributed by atoms with van der Waals surface area (Å²) in [4.78, 5) is 0. The molecule has 0 bridgehead atoms. The molecule has 2 heteroatoms. The summed E-state index contributed by atoms with van der Waals surface area (Å²) in [5.74, 6) is 1.05. The molecular weight excluding hydrogens is 210 g/mol. The highest BCUT2D eigenvalue weighted by Crippen LogP contribution is 2.26. The predicted molar refractivity (Wildman–Crippen MR) is 72.4 cm³/mol. The first kappa shape index (κ1) is 12.2. The standard InChI is InChI=1S/C15H21NO/c1-3-9-16-12(2)4-5-13-6-7-15-14(11-13)8-10-17-15/h4-7,11-12,16H,3,8-10H2,1-2H3/b5-4+. The number of fused-ring (bicyclic) bond motifs is 1. The van der Waals surface area contributed by atoms with Crippen LogP contribution in [0, 0.1) is 0 Å². The molecule has 0 amide bonds. The van der Waals surface area contributed by atoms with Crippen LogP contribution >= 0.6 is 0 Å². The summed E-state index contributed by atoms with van der Waals surface area (Å²) in [6.45, 7) is 6.27. The van der Waals surface area contributed by atoms with Gasteiger partial charge in [-0.05, 0) is 43.1 Å². The number of benzene rings is 1. The first-order valence-corrected chi connectivity index (χ1v) is 6.47. The molecule has 0 saturated heterocycles. The Hall–Kier alpha value is -1.28. The van der Waals surface area contributed by atoms with Gasteiger partial charge in [-0.15, -0.1) is 0 Å². The van der Waals surface area contributed by atoms with Crippen molar-refractivity contribution in [1.29, 1.82) is 0 Å². The summed E-state index contributed by atoms with van der Waals surface area (Å²) >= 11 is 0. The summed E-state index contributed by atoms with van der Waals surface area (Å²) < 4.78 is 5.50. The first-order chi connectivity index (χ1) is 8.29. The van der Waals surface area contributed by atoms with Crippen LogP contribution < -0.4 is 10.1 Å². The highest BCUT2D eigenvalue weighted by Gasteiger charge is 2.10. The molecule has 0 radical (unpaired) electrons. The van der Waals surface area contributed by atoms with Gasteiger partial charge in [-0.3, -0.25) is 0 Å². The minimum absolute atomic E-state index is 0.430. The average Bonchev–Trinajstić information content (AvgIpc) is 2.81. The van der Waals surface area contributed by atoms with Crippen LogP contribution in [0.4, 0.5) is 0 Å².